The lowest BCUT2D eigenvalue weighted by Gasteiger charge is -2.50. The molecule has 1 amide bonds. The molecule has 3 aliphatic carbocycles. The Bertz CT molecular complexity index is 1340. The van der Waals surface area contributed by atoms with Crippen molar-refractivity contribution >= 4 is 39.7 Å². The van der Waals surface area contributed by atoms with E-state index in [9.17, 15) is 24.8 Å². The number of phenols is 1. The van der Waals surface area contributed by atoms with E-state index in [2.05, 4.69) is 22.4 Å². The molecule has 3 N–H and O–H groups in total. The molecule has 0 spiro atoms. The lowest BCUT2D eigenvalue weighted by atomic mass is 9.54. The highest BCUT2D eigenvalue weighted by atomic mass is 32.1. The molecule has 1 aromatic heterocycles. The Hall–Kier alpha value is -3.54. The van der Waals surface area contributed by atoms with Gasteiger partial charge in [-0.3, -0.25) is 14.9 Å². The van der Waals surface area contributed by atoms with Crippen molar-refractivity contribution < 1.29 is 29.6 Å². The largest absolute Gasteiger partial charge is 0.502 e. The fourth-order valence-electron chi connectivity index (χ4n) is 7.31. The first-order valence-electron chi connectivity index (χ1n) is 13.2. The zero-order valence-electron chi connectivity index (χ0n) is 21.9. The number of oxime groups is 1. The molecule has 5 atom stereocenters. The molecule has 11 nitrogen and oxygen atoms in total. The van der Waals surface area contributed by atoms with E-state index in [0.717, 1.165) is 41.0 Å². The molecule has 39 heavy (non-hydrogen) atoms. The van der Waals surface area contributed by atoms with Gasteiger partial charge in [0, 0.05) is 29.0 Å². The van der Waals surface area contributed by atoms with Gasteiger partial charge in [-0.1, -0.05) is 12.1 Å². The fraction of sp³-hybridized carbons (Fsp3) is 0.556. The van der Waals surface area contributed by atoms with Crippen molar-refractivity contribution in [3.8, 4) is 5.75 Å². The van der Waals surface area contributed by atoms with Gasteiger partial charge in [-0.25, -0.2) is 9.78 Å². The number of benzene rings is 1. The summed E-state index contributed by atoms with van der Waals surface area (Å²) in [5.74, 6) is -0.926. The molecule has 208 valence electrons. The Morgan fingerprint density at radius 2 is 2.15 bits per heavy atom. The standard InChI is InChI=1S/C27H32N4O7S/c1-14-12-28-26(39-14)29-23(33)6-4-16-10-22(30-38-13-24(34)35)27(2)8-7-17-18(25(16)27)5-3-15-9-21(32)20(31(36)37)11-19(15)17/h9,11-12,16-18,25,32H,3-8,10,13H2,1-2H3,(H,34,35)(H,28,29,33)/b30-22+. The van der Waals surface area contributed by atoms with Crippen molar-refractivity contribution in [2.24, 2.45) is 28.3 Å². The van der Waals surface area contributed by atoms with Crippen LogP contribution in [0.25, 0.3) is 0 Å². The minimum absolute atomic E-state index is 0.0973. The van der Waals surface area contributed by atoms with Crippen LogP contribution < -0.4 is 5.32 Å². The Morgan fingerprint density at radius 3 is 2.85 bits per heavy atom. The van der Waals surface area contributed by atoms with Gasteiger partial charge in [-0.2, -0.15) is 0 Å². The first-order chi connectivity index (χ1) is 18.6. The van der Waals surface area contributed by atoms with Crippen molar-refractivity contribution in [3.05, 3.63) is 44.4 Å². The number of nitrogens with zero attached hydrogens (tertiary/aromatic N) is 3. The number of aryl methyl sites for hydroxylation is 2. The highest BCUT2D eigenvalue weighted by Gasteiger charge is 2.57. The second-order valence-electron chi connectivity index (χ2n) is 11.1. The van der Waals surface area contributed by atoms with Gasteiger partial charge < -0.3 is 20.4 Å². The van der Waals surface area contributed by atoms with Crippen LogP contribution in [0.3, 0.4) is 0 Å². The molecular weight excluding hydrogens is 524 g/mol. The van der Waals surface area contributed by atoms with Crippen molar-refractivity contribution in [1.82, 2.24) is 4.98 Å². The monoisotopic (exact) mass is 556 g/mol. The molecule has 0 radical (unpaired) electrons. The number of anilines is 1. The first-order valence-corrected chi connectivity index (χ1v) is 14.0. The van der Waals surface area contributed by atoms with E-state index in [1.54, 1.807) is 18.3 Å². The third-order valence-electron chi connectivity index (χ3n) is 8.86. The van der Waals surface area contributed by atoms with E-state index in [4.69, 9.17) is 9.94 Å². The number of fused-ring (bicyclic) bond motifs is 5. The van der Waals surface area contributed by atoms with Gasteiger partial charge >= 0.3 is 11.7 Å². The lowest BCUT2D eigenvalue weighted by molar-refractivity contribution is -0.386. The molecular formula is C27H32N4O7S. The van der Waals surface area contributed by atoms with Gasteiger partial charge in [-0.05, 0) is 86.3 Å². The van der Waals surface area contributed by atoms with Gasteiger partial charge in [0.15, 0.2) is 10.9 Å². The number of hydrogen-bond acceptors (Lipinski definition) is 9. The molecule has 2 fully saturated rings. The number of carbonyl (C=O) groups excluding carboxylic acids is 1. The summed E-state index contributed by atoms with van der Waals surface area (Å²) >= 11 is 1.42. The number of aromatic nitrogens is 1. The van der Waals surface area contributed by atoms with E-state index in [0.29, 0.717) is 30.8 Å². The van der Waals surface area contributed by atoms with Crippen molar-refractivity contribution in [3.63, 3.8) is 0 Å². The molecule has 1 aromatic carbocycles. The quantitative estimate of drug-likeness (QED) is 0.301. The zero-order valence-corrected chi connectivity index (χ0v) is 22.7. The van der Waals surface area contributed by atoms with Crippen LogP contribution in [-0.4, -0.2) is 44.3 Å². The maximum absolute atomic E-state index is 12.8. The van der Waals surface area contributed by atoms with E-state index >= 15 is 0 Å². The number of nitrogens with one attached hydrogen (secondary N) is 1. The summed E-state index contributed by atoms with van der Waals surface area (Å²) < 4.78 is 0. The average molecular weight is 557 g/mol. The number of carboxylic acids is 1. The van der Waals surface area contributed by atoms with Gasteiger partial charge in [-0.15, -0.1) is 11.3 Å². The molecule has 5 rings (SSSR count). The number of nitro groups is 1. The number of hydrogen-bond donors (Lipinski definition) is 3. The minimum Gasteiger partial charge on any atom is -0.502 e. The van der Waals surface area contributed by atoms with E-state index in [1.165, 1.54) is 11.3 Å². The SMILES string of the molecule is Cc1cnc(NC(=O)CCC2C/C(=N\OCC(=O)O)C3(C)CCC4c5cc([N+](=O)[O-])c(O)cc5CCC4C23)s1. The smallest absolute Gasteiger partial charge is 0.344 e. The molecule has 12 heteroatoms. The number of thiazole rings is 1. The summed E-state index contributed by atoms with van der Waals surface area (Å²) in [6, 6.07) is 3.09. The van der Waals surface area contributed by atoms with Crippen LogP contribution in [0.2, 0.25) is 0 Å². The highest BCUT2D eigenvalue weighted by molar-refractivity contribution is 7.15. The van der Waals surface area contributed by atoms with Gasteiger partial charge in [0.1, 0.15) is 0 Å². The summed E-state index contributed by atoms with van der Waals surface area (Å²) in [4.78, 5) is 45.2. The number of aromatic hydroxyl groups is 1. The Balaban J connectivity index is 1.42. The molecule has 1 heterocycles. The average Bonchev–Trinajstić information content (AvgIpc) is 3.41. The predicted molar refractivity (Wildman–Crippen MR) is 144 cm³/mol. The Kier molecular flexibility index (Phi) is 7.32. The van der Waals surface area contributed by atoms with Gasteiger partial charge in [0.25, 0.3) is 0 Å². The zero-order chi connectivity index (χ0) is 27.9. The second-order valence-corrected chi connectivity index (χ2v) is 12.4. The summed E-state index contributed by atoms with van der Waals surface area (Å²) in [7, 11) is 0. The van der Waals surface area contributed by atoms with Crippen LogP contribution in [0, 0.1) is 40.2 Å². The van der Waals surface area contributed by atoms with Crippen LogP contribution in [0.4, 0.5) is 10.8 Å². The van der Waals surface area contributed by atoms with Gasteiger partial charge in [0.2, 0.25) is 12.5 Å². The van der Waals surface area contributed by atoms with E-state index < -0.39 is 17.5 Å². The van der Waals surface area contributed by atoms with Crippen molar-refractivity contribution in [1.29, 1.82) is 0 Å². The van der Waals surface area contributed by atoms with Crippen LogP contribution >= 0.6 is 11.3 Å². The fourth-order valence-corrected chi connectivity index (χ4v) is 7.99. The minimum atomic E-state index is -1.10. The molecule has 0 saturated heterocycles. The molecule has 5 unspecified atom stereocenters. The van der Waals surface area contributed by atoms with Gasteiger partial charge in [0.05, 0.1) is 10.6 Å². The second kappa shape index (κ2) is 10.6. The van der Waals surface area contributed by atoms with E-state index in [1.807, 2.05) is 6.92 Å². The summed E-state index contributed by atoms with van der Waals surface area (Å²) in [5.41, 5.74) is 2.11. The summed E-state index contributed by atoms with van der Waals surface area (Å²) in [5, 5.41) is 38.5. The maximum atomic E-state index is 12.8. The highest BCUT2D eigenvalue weighted by Crippen LogP contribution is 2.63. The number of nitro benzene ring substituents is 1. The van der Waals surface area contributed by atoms with Crippen molar-refractivity contribution in [2.75, 3.05) is 11.9 Å². The number of phenolic OH excluding ortho intramolecular Hbond substituents is 1. The van der Waals surface area contributed by atoms with Crippen LogP contribution in [-0.2, 0) is 20.8 Å². The molecule has 3 aliphatic rings. The third-order valence-corrected chi connectivity index (χ3v) is 9.69. The molecule has 2 aromatic rings. The topological polar surface area (TPSA) is 164 Å². The van der Waals surface area contributed by atoms with Crippen molar-refractivity contribution in [2.45, 2.75) is 64.7 Å². The molecule has 2 saturated carbocycles. The first kappa shape index (κ1) is 27.0. The molecule has 0 bridgehead atoms. The number of rotatable bonds is 8. The number of amides is 1. The normalized spacial score (nSPS) is 28.3. The molecule has 0 aliphatic heterocycles. The maximum Gasteiger partial charge on any atom is 0.344 e. The number of aliphatic carboxylic acids is 1. The lowest BCUT2D eigenvalue weighted by Crippen LogP contribution is -2.44. The summed E-state index contributed by atoms with van der Waals surface area (Å²) in [6.07, 6.45) is 6.38. The van der Waals surface area contributed by atoms with Crippen LogP contribution in [0.15, 0.2) is 23.5 Å². The summed E-state index contributed by atoms with van der Waals surface area (Å²) in [6.45, 7) is 3.57. The van der Waals surface area contributed by atoms with E-state index in [-0.39, 0.29) is 46.4 Å². The Morgan fingerprint density at radius 1 is 1.36 bits per heavy atom. The van der Waals surface area contributed by atoms with Crippen LogP contribution in [0.1, 0.15) is 67.4 Å². The number of carbonyl (C=O) groups is 2. The predicted octanol–water partition coefficient (Wildman–Crippen LogP) is 5.02. The number of carboxylic acid groups (broad SMARTS) is 1. The van der Waals surface area contributed by atoms with Crippen LogP contribution in [0.5, 0.6) is 5.75 Å². The third kappa shape index (κ3) is 5.21. The Labute approximate surface area is 229 Å².